The average molecular weight is 357 g/mol. The molecule has 3 rings (SSSR count). The van der Waals surface area contributed by atoms with Crippen LogP contribution >= 0.6 is 0 Å². The number of benzene rings is 1. The second kappa shape index (κ2) is 9.34. The van der Waals surface area contributed by atoms with E-state index in [1.165, 1.54) is 56.8 Å². The van der Waals surface area contributed by atoms with E-state index in [2.05, 4.69) is 24.3 Å². The molecule has 2 aliphatic carbocycles. The average Bonchev–Trinajstić information content (AvgIpc) is 2.72. The van der Waals surface area contributed by atoms with E-state index in [0.717, 1.165) is 37.4 Å². The first-order valence-corrected chi connectivity index (χ1v) is 10.3. The Morgan fingerprint density at radius 2 is 1.54 bits per heavy atom. The van der Waals surface area contributed by atoms with E-state index in [1.54, 1.807) is 0 Å². The molecule has 0 spiro atoms. The summed E-state index contributed by atoms with van der Waals surface area (Å²) in [5, 5.41) is 0. The molecule has 0 radical (unpaired) electrons. The first kappa shape index (κ1) is 19.1. The van der Waals surface area contributed by atoms with E-state index >= 15 is 0 Å². The molecule has 3 heteroatoms. The SMILES string of the molecule is COC(=O)C1CCC(C2CCC(c3ccc(CCC=O)cc3)CC2)CC1. The van der Waals surface area contributed by atoms with Gasteiger partial charge in [-0.1, -0.05) is 24.3 Å². The van der Waals surface area contributed by atoms with Crippen LogP contribution in [-0.2, 0) is 20.7 Å². The zero-order chi connectivity index (χ0) is 18.4. The van der Waals surface area contributed by atoms with Gasteiger partial charge in [0.15, 0.2) is 0 Å². The maximum Gasteiger partial charge on any atom is 0.308 e. The quantitative estimate of drug-likeness (QED) is 0.528. The molecule has 2 aliphatic rings. The topological polar surface area (TPSA) is 43.4 Å². The molecule has 0 aromatic heterocycles. The Kier molecular flexibility index (Phi) is 6.87. The monoisotopic (exact) mass is 356 g/mol. The third-order valence-corrected chi connectivity index (χ3v) is 6.75. The van der Waals surface area contributed by atoms with E-state index in [0.29, 0.717) is 12.3 Å². The minimum absolute atomic E-state index is 0.0104. The molecule has 26 heavy (non-hydrogen) atoms. The lowest BCUT2D eigenvalue weighted by Crippen LogP contribution is -2.28. The molecular formula is C23H32O3. The molecule has 0 bridgehead atoms. The van der Waals surface area contributed by atoms with Crippen molar-refractivity contribution in [2.75, 3.05) is 7.11 Å². The van der Waals surface area contributed by atoms with Crippen LogP contribution < -0.4 is 0 Å². The lowest BCUT2D eigenvalue weighted by molar-refractivity contribution is -0.147. The second-order valence-corrected chi connectivity index (χ2v) is 8.19. The molecule has 0 aliphatic heterocycles. The van der Waals surface area contributed by atoms with Crippen molar-refractivity contribution in [3.05, 3.63) is 35.4 Å². The van der Waals surface area contributed by atoms with Gasteiger partial charge in [0, 0.05) is 6.42 Å². The number of methoxy groups -OCH3 is 1. The number of aldehydes is 1. The maximum absolute atomic E-state index is 11.7. The third kappa shape index (κ3) is 4.75. The van der Waals surface area contributed by atoms with Crippen molar-refractivity contribution in [2.24, 2.45) is 17.8 Å². The Hall–Kier alpha value is -1.64. The van der Waals surface area contributed by atoms with Crippen LogP contribution in [-0.4, -0.2) is 19.4 Å². The molecule has 0 heterocycles. The largest absolute Gasteiger partial charge is 0.469 e. The van der Waals surface area contributed by atoms with Gasteiger partial charge in [0.2, 0.25) is 0 Å². The summed E-state index contributed by atoms with van der Waals surface area (Å²) < 4.78 is 4.91. The third-order valence-electron chi connectivity index (χ3n) is 6.75. The Labute approximate surface area is 157 Å². The van der Waals surface area contributed by atoms with Gasteiger partial charge in [0.25, 0.3) is 0 Å². The van der Waals surface area contributed by atoms with Crippen molar-refractivity contribution in [3.8, 4) is 0 Å². The van der Waals surface area contributed by atoms with Crippen LogP contribution in [0.25, 0.3) is 0 Å². The lowest BCUT2D eigenvalue weighted by Gasteiger charge is -2.37. The molecule has 0 N–H and O–H groups in total. The molecule has 3 nitrogen and oxygen atoms in total. The predicted octanol–water partition coefficient (Wildman–Crippen LogP) is 5.07. The van der Waals surface area contributed by atoms with Gasteiger partial charge in [0.05, 0.1) is 13.0 Å². The van der Waals surface area contributed by atoms with Crippen LogP contribution in [0.3, 0.4) is 0 Å². The lowest BCUT2D eigenvalue weighted by atomic mass is 9.68. The highest BCUT2D eigenvalue weighted by molar-refractivity contribution is 5.72. The first-order chi connectivity index (χ1) is 12.7. The van der Waals surface area contributed by atoms with Gasteiger partial charge in [-0.3, -0.25) is 4.79 Å². The molecule has 0 saturated heterocycles. The van der Waals surface area contributed by atoms with Crippen molar-refractivity contribution in [1.29, 1.82) is 0 Å². The summed E-state index contributed by atoms with van der Waals surface area (Å²) in [6.07, 6.45) is 12.1. The van der Waals surface area contributed by atoms with E-state index in [4.69, 9.17) is 4.74 Å². The Morgan fingerprint density at radius 1 is 0.962 bits per heavy atom. The van der Waals surface area contributed by atoms with Gasteiger partial charge < -0.3 is 9.53 Å². The minimum atomic E-state index is -0.0104. The van der Waals surface area contributed by atoms with Crippen LogP contribution in [0, 0.1) is 17.8 Å². The molecule has 2 saturated carbocycles. The fourth-order valence-electron chi connectivity index (χ4n) is 5.10. The molecule has 0 unspecified atom stereocenters. The highest BCUT2D eigenvalue weighted by Crippen LogP contribution is 2.44. The van der Waals surface area contributed by atoms with Crippen LogP contribution in [0.5, 0.6) is 0 Å². The summed E-state index contributed by atoms with van der Waals surface area (Å²) in [4.78, 5) is 22.2. The number of ether oxygens (including phenoxy) is 1. The standard InChI is InChI=1S/C23H32O3/c1-26-23(25)22-14-12-21(13-15-22)20-10-8-19(9-11-20)18-6-4-17(5-7-18)3-2-16-24/h4-7,16,19-22H,2-3,8-15H2,1H3. The van der Waals surface area contributed by atoms with Gasteiger partial charge in [-0.25, -0.2) is 0 Å². The van der Waals surface area contributed by atoms with Crippen LogP contribution in [0.1, 0.15) is 74.8 Å². The number of carbonyl (C=O) groups is 2. The van der Waals surface area contributed by atoms with Crippen molar-refractivity contribution < 1.29 is 14.3 Å². The maximum atomic E-state index is 11.7. The molecule has 0 atom stereocenters. The zero-order valence-electron chi connectivity index (χ0n) is 16.0. The zero-order valence-corrected chi connectivity index (χ0v) is 16.0. The molecule has 2 fully saturated rings. The van der Waals surface area contributed by atoms with Gasteiger partial charge in [0.1, 0.15) is 6.29 Å². The summed E-state index contributed by atoms with van der Waals surface area (Å²) in [5.41, 5.74) is 2.73. The fourth-order valence-corrected chi connectivity index (χ4v) is 5.10. The number of hydrogen-bond donors (Lipinski definition) is 0. The molecule has 1 aromatic rings. The number of aryl methyl sites for hydroxylation is 1. The highest BCUT2D eigenvalue weighted by atomic mass is 16.5. The summed E-state index contributed by atoms with van der Waals surface area (Å²) >= 11 is 0. The second-order valence-electron chi connectivity index (χ2n) is 8.19. The molecular weight excluding hydrogens is 324 g/mol. The van der Waals surface area contributed by atoms with Crippen LogP contribution in [0.15, 0.2) is 24.3 Å². The van der Waals surface area contributed by atoms with E-state index in [-0.39, 0.29) is 11.9 Å². The smallest absolute Gasteiger partial charge is 0.308 e. The summed E-state index contributed by atoms with van der Waals surface area (Å²) in [5.74, 6) is 2.48. The molecule has 1 aromatic carbocycles. The normalized spacial score (nSPS) is 29.1. The van der Waals surface area contributed by atoms with Crippen LogP contribution in [0.2, 0.25) is 0 Å². The number of esters is 1. The Morgan fingerprint density at radius 3 is 2.08 bits per heavy atom. The van der Waals surface area contributed by atoms with Gasteiger partial charge in [-0.15, -0.1) is 0 Å². The van der Waals surface area contributed by atoms with Crippen molar-refractivity contribution >= 4 is 12.3 Å². The highest BCUT2D eigenvalue weighted by Gasteiger charge is 2.33. The van der Waals surface area contributed by atoms with E-state index in [1.807, 2.05) is 0 Å². The van der Waals surface area contributed by atoms with Gasteiger partial charge in [-0.2, -0.15) is 0 Å². The fraction of sp³-hybridized carbons (Fsp3) is 0.652. The molecule has 0 amide bonds. The molecule has 142 valence electrons. The summed E-state index contributed by atoms with van der Waals surface area (Å²) in [6, 6.07) is 8.93. The van der Waals surface area contributed by atoms with E-state index in [9.17, 15) is 9.59 Å². The summed E-state index contributed by atoms with van der Waals surface area (Å²) in [6.45, 7) is 0. The van der Waals surface area contributed by atoms with Crippen molar-refractivity contribution in [2.45, 2.75) is 70.1 Å². The van der Waals surface area contributed by atoms with Gasteiger partial charge >= 0.3 is 5.97 Å². The minimum Gasteiger partial charge on any atom is -0.469 e. The van der Waals surface area contributed by atoms with Crippen molar-refractivity contribution in [1.82, 2.24) is 0 Å². The number of carbonyl (C=O) groups excluding carboxylic acids is 2. The number of hydrogen-bond acceptors (Lipinski definition) is 3. The summed E-state index contributed by atoms with van der Waals surface area (Å²) in [7, 11) is 1.50. The van der Waals surface area contributed by atoms with E-state index < -0.39 is 0 Å². The Balaban J connectivity index is 1.46. The van der Waals surface area contributed by atoms with Crippen molar-refractivity contribution in [3.63, 3.8) is 0 Å². The van der Waals surface area contributed by atoms with Gasteiger partial charge in [-0.05, 0) is 86.7 Å². The number of rotatable bonds is 6. The van der Waals surface area contributed by atoms with Crippen LogP contribution in [0.4, 0.5) is 0 Å². The Bertz CT molecular complexity index is 576. The first-order valence-electron chi connectivity index (χ1n) is 10.3. The predicted molar refractivity (Wildman–Crippen MR) is 103 cm³/mol.